The standard InChI is InChI=1S/C16H16O5/c1-10(2)6-7-19-14-8-12(20-11(3)17)9-15-13(14)4-5-16(18)21-15/h4-6,8-9H,7H2,1-3H3/p+1. The fourth-order valence-corrected chi connectivity index (χ4v) is 1.77. The van der Waals surface area contributed by atoms with Crippen molar-refractivity contribution in [3.8, 4) is 11.5 Å². The van der Waals surface area contributed by atoms with Crippen molar-refractivity contribution in [1.29, 1.82) is 0 Å². The van der Waals surface area contributed by atoms with Crippen molar-refractivity contribution < 1.29 is 23.5 Å². The molecule has 0 atom stereocenters. The van der Waals surface area contributed by atoms with Crippen molar-refractivity contribution >= 4 is 16.9 Å². The van der Waals surface area contributed by atoms with Crippen LogP contribution in [-0.4, -0.2) is 17.4 Å². The number of ether oxygens (including phenoxy) is 2. The van der Waals surface area contributed by atoms with E-state index in [2.05, 4.69) is 0 Å². The smallest absolute Gasteiger partial charge is 0.489 e. The molecule has 0 fully saturated rings. The number of allylic oxidation sites excluding steroid dienone is 1. The van der Waals surface area contributed by atoms with Gasteiger partial charge in [0.25, 0.3) is 5.58 Å². The Kier molecular flexibility index (Phi) is 4.42. The zero-order valence-electron chi connectivity index (χ0n) is 12.2. The van der Waals surface area contributed by atoms with Gasteiger partial charge >= 0.3 is 11.6 Å². The highest BCUT2D eigenvalue weighted by Crippen LogP contribution is 2.30. The van der Waals surface area contributed by atoms with Gasteiger partial charge in [-0.1, -0.05) is 5.57 Å². The lowest BCUT2D eigenvalue weighted by molar-refractivity contribution is -0.131. The number of carbonyl (C=O) groups is 1. The van der Waals surface area contributed by atoms with Gasteiger partial charge in [-0.3, -0.25) is 9.21 Å². The molecule has 1 aromatic carbocycles. The molecule has 0 saturated heterocycles. The van der Waals surface area contributed by atoms with E-state index in [0.717, 1.165) is 5.57 Å². The van der Waals surface area contributed by atoms with Gasteiger partial charge in [-0.25, -0.2) is 0 Å². The van der Waals surface area contributed by atoms with Crippen molar-refractivity contribution in [3.63, 3.8) is 0 Å². The fraction of sp³-hybridized carbons (Fsp3) is 0.250. The lowest BCUT2D eigenvalue weighted by Gasteiger charge is -2.08. The average Bonchev–Trinajstić information content (AvgIpc) is 2.36. The van der Waals surface area contributed by atoms with Crippen molar-refractivity contribution in [2.75, 3.05) is 6.61 Å². The van der Waals surface area contributed by atoms with Gasteiger partial charge in [0.05, 0.1) is 17.5 Å². The maximum absolute atomic E-state index is 11.1. The second kappa shape index (κ2) is 6.26. The number of benzene rings is 1. The van der Waals surface area contributed by atoms with Crippen LogP contribution in [0.25, 0.3) is 11.0 Å². The Hall–Kier alpha value is -2.56. The minimum absolute atomic E-state index is 0.224. The molecular formula is C16H17O5+. The van der Waals surface area contributed by atoms with Gasteiger partial charge in [-0.2, -0.15) is 0 Å². The van der Waals surface area contributed by atoms with Crippen LogP contribution in [0, 0.1) is 0 Å². The lowest BCUT2D eigenvalue weighted by atomic mass is 10.2. The summed E-state index contributed by atoms with van der Waals surface area (Å²) in [6.45, 7) is 5.66. The zero-order chi connectivity index (χ0) is 15.4. The first-order valence-corrected chi connectivity index (χ1v) is 6.50. The van der Waals surface area contributed by atoms with E-state index >= 15 is 0 Å². The van der Waals surface area contributed by atoms with Crippen LogP contribution in [0.2, 0.25) is 0 Å². The molecule has 21 heavy (non-hydrogen) atoms. The number of rotatable bonds is 4. The summed E-state index contributed by atoms with van der Waals surface area (Å²) in [6.07, 6.45) is 1.93. The summed E-state index contributed by atoms with van der Waals surface area (Å²) in [5, 5.41) is 0.686. The third-order valence-corrected chi connectivity index (χ3v) is 2.68. The summed E-state index contributed by atoms with van der Waals surface area (Å²) in [5.74, 6) is 0.381. The van der Waals surface area contributed by atoms with E-state index in [4.69, 9.17) is 13.9 Å². The lowest BCUT2D eigenvalue weighted by Crippen LogP contribution is -2.04. The molecule has 5 nitrogen and oxygen atoms in total. The quantitative estimate of drug-likeness (QED) is 0.285. The molecule has 0 aliphatic rings. The van der Waals surface area contributed by atoms with Crippen LogP contribution in [0.3, 0.4) is 0 Å². The summed E-state index contributed by atoms with van der Waals surface area (Å²) in [6, 6.07) is 6.27. The van der Waals surface area contributed by atoms with E-state index in [9.17, 15) is 9.59 Å². The third kappa shape index (κ3) is 3.95. The molecule has 1 N–H and O–H groups in total. The van der Waals surface area contributed by atoms with E-state index in [1.54, 1.807) is 12.1 Å². The van der Waals surface area contributed by atoms with Crippen LogP contribution < -0.4 is 15.1 Å². The SMILES string of the molecule is CC(=O)Oc1cc(OCC=C(C)C)c2ccc(=[OH+])oc2c1. The van der Waals surface area contributed by atoms with Crippen molar-refractivity contribution in [3.05, 3.63) is 41.5 Å². The molecule has 0 saturated carbocycles. The largest absolute Gasteiger partial charge is 0.516 e. The van der Waals surface area contributed by atoms with Gasteiger partial charge < -0.3 is 14.3 Å². The predicted molar refractivity (Wildman–Crippen MR) is 77.5 cm³/mol. The third-order valence-electron chi connectivity index (χ3n) is 2.68. The zero-order valence-corrected chi connectivity index (χ0v) is 12.2. The topological polar surface area (TPSA) is 70.1 Å². The molecule has 2 aromatic rings. The highest BCUT2D eigenvalue weighted by atomic mass is 16.5. The molecule has 1 aromatic heterocycles. The monoisotopic (exact) mass is 289 g/mol. The molecule has 0 aliphatic carbocycles. The minimum Gasteiger partial charge on any atom is -0.489 e. The summed E-state index contributed by atoms with van der Waals surface area (Å²) < 4.78 is 16.0. The van der Waals surface area contributed by atoms with E-state index in [-0.39, 0.29) is 5.63 Å². The molecule has 2 rings (SSSR count). The number of esters is 1. The van der Waals surface area contributed by atoms with Crippen LogP contribution in [0.4, 0.5) is 0 Å². The van der Waals surface area contributed by atoms with Crippen LogP contribution in [0.15, 0.2) is 40.3 Å². The maximum atomic E-state index is 11.1. The first kappa shape index (κ1) is 14.8. The van der Waals surface area contributed by atoms with Gasteiger partial charge in [0, 0.05) is 13.0 Å². The van der Waals surface area contributed by atoms with Crippen LogP contribution >= 0.6 is 0 Å². The van der Waals surface area contributed by atoms with Crippen molar-refractivity contribution in [1.82, 2.24) is 0 Å². The summed E-state index contributed by atoms with van der Waals surface area (Å²) >= 11 is 0. The Morgan fingerprint density at radius 1 is 1.29 bits per heavy atom. The molecule has 0 spiro atoms. The molecular weight excluding hydrogens is 272 g/mol. The second-order valence-corrected chi connectivity index (χ2v) is 4.79. The molecule has 110 valence electrons. The number of hydrogen-bond donors (Lipinski definition) is 0. The number of carbonyl (C=O) groups excluding carboxylic acids is 1. The number of hydrogen-bond acceptors (Lipinski definition) is 4. The van der Waals surface area contributed by atoms with Gasteiger partial charge in [-0.05, 0) is 26.0 Å². The average molecular weight is 289 g/mol. The molecule has 0 radical (unpaired) electrons. The Balaban J connectivity index is 2.46. The first-order valence-electron chi connectivity index (χ1n) is 6.50. The summed E-state index contributed by atoms with van der Waals surface area (Å²) in [7, 11) is 0. The maximum Gasteiger partial charge on any atom is 0.516 e. The van der Waals surface area contributed by atoms with Crippen LogP contribution in [-0.2, 0) is 4.79 Å². The summed E-state index contributed by atoms with van der Waals surface area (Å²) in [4.78, 5) is 20.5. The highest BCUT2D eigenvalue weighted by Gasteiger charge is 2.13. The van der Waals surface area contributed by atoms with Gasteiger partial charge in [-0.15, -0.1) is 0 Å². The molecule has 0 aliphatic heterocycles. The first-order chi connectivity index (χ1) is 9.95. The Labute approximate surface area is 121 Å². The predicted octanol–water partition coefficient (Wildman–Crippen LogP) is 2.71. The molecule has 0 unspecified atom stereocenters. The fourth-order valence-electron chi connectivity index (χ4n) is 1.77. The Morgan fingerprint density at radius 2 is 2.05 bits per heavy atom. The normalized spacial score (nSPS) is 10.2. The van der Waals surface area contributed by atoms with Crippen LogP contribution in [0.5, 0.6) is 11.5 Å². The van der Waals surface area contributed by atoms with E-state index in [1.807, 2.05) is 19.9 Å². The van der Waals surface area contributed by atoms with Gasteiger partial charge in [0.1, 0.15) is 18.1 Å². The van der Waals surface area contributed by atoms with Gasteiger partial charge in [0.15, 0.2) is 0 Å². The van der Waals surface area contributed by atoms with E-state index in [1.165, 1.54) is 19.1 Å². The van der Waals surface area contributed by atoms with E-state index < -0.39 is 5.97 Å². The van der Waals surface area contributed by atoms with Crippen molar-refractivity contribution in [2.45, 2.75) is 20.8 Å². The molecule has 0 amide bonds. The number of fused-ring (bicyclic) bond motifs is 1. The van der Waals surface area contributed by atoms with Gasteiger partial charge in [0.2, 0.25) is 0 Å². The molecule has 5 heteroatoms. The molecule has 1 heterocycles. The summed E-state index contributed by atoms with van der Waals surface area (Å²) in [5.41, 5.74) is 1.29. The highest BCUT2D eigenvalue weighted by molar-refractivity contribution is 5.85. The van der Waals surface area contributed by atoms with Crippen molar-refractivity contribution in [2.24, 2.45) is 0 Å². The second-order valence-electron chi connectivity index (χ2n) is 4.79. The van der Waals surface area contributed by atoms with Crippen LogP contribution in [0.1, 0.15) is 20.8 Å². The Morgan fingerprint density at radius 3 is 2.71 bits per heavy atom. The van der Waals surface area contributed by atoms with E-state index in [0.29, 0.717) is 29.1 Å². The Bertz CT molecular complexity index is 751. The minimum atomic E-state index is -0.440. The molecule has 0 bridgehead atoms.